The number of amides is 1. The number of ether oxygens (including phenoxy) is 1. The Morgan fingerprint density at radius 1 is 1.25 bits per heavy atom. The molecule has 1 aromatic heterocycles. The number of oxazole rings is 1. The molecular formula is C15H12N2O3. The lowest BCUT2D eigenvalue weighted by Gasteiger charge is -2.06. The van der Waals surface area contributed by atoms with Crippen LogP contribution in [0.3, 0.4) is 0 Å². The monoisotopic (exact) mass is 268 g/mol. The van der Waals surface area contributed by atoms with E-state index in [0.29, 0.717) is 28.1 Å². The van der Waals surface area contributed by atoms with E-state index in [1.807, 2.05) is 12.1 Å². The summed E-state index contributed by atoms with van der Waals surface area (Å²) in [6, 6.07) is 12.3. The first-order valence-electron chi connectivity index (χ1n) is 6.05. The number of rotatable bonds is 3. The van der Waals surface area contributed by atoms with Crippen molar-refractivity contribution >= 4 is 22.7 Å². The van der Waals surface area contributed by atoms with Crippen molar-refractivity contribution in [1.29, 1.82) is 0 Å². The predicted molar refractivity (Wildman–Crippen MR) is 75.0 cm³/mol. The Labute approximate surface area is 115 Å². The van der Waals surface area contributed by atoms with Crippen LogP contribution in [0.25, 0.3) is 11.1 Å². The number of hydrogen-bond acceptors (Lipinski definition) is 4. The van der Waals surface area contributed by atoms with E-state index < -0.39 is 0 Å². The molecule has 20 heavy (non-hydrogen) atoms. The van der Waals surface area contributed by atoms with Gasteiger partial charge in [-0.1, -0.05) is 6.07 Å². The first-order valence-corrected chi connectivity index (χ1v) is 6.05. The summed E-state index contributed by atoms with van der Waals surface area (Å²) in [5.74, 6) is 0.484. The van der Waals surface area contributed by atoms with Crippen molar-refractivity contribution in [3.05, 3.63) is 54.4 Å². The van der Waals surface area contributed by atoms with Crippen molar-refractivity contribution in [3.63, 3.8) is 0 Å². The highest BCUT2D eigenvalue weighted by atomic mass is 16.5. The van der Waals surface area contributed by atoms with E-state index in [1.165, 1.54) is 6.39 Å². The molecule has 1 N–H and O–H groups in total. The van der Waals surface area contributed by atoms with E-state index in [-0.39, 0.29) is 5.91 Å². The van der Waals surface area contributed by atoms with Crippen LogP contribution in [0.2, 0.25) is 0 Å². The van der Waals surface area contributed by atoms with Crippen LogP contribution in [0.1, 0.15) is 10.4 Å². The van der Waals surface area contributed by atoms with Crippen LogP contribution in [0.5, 0.6) is 5.75 Å². The zero-order valence-electron chi connectivity index (χ0n) is 10.8. The Balaban J connectivity index is 1.84. The lowest BCUT2D eigenvalue weighted by molar-refractivity contribution is 0.102. The van der Waals surface area contributed by atoms with Gasteiger partial charge in [0.1, 0.15) is 11.3 Å². The molecule has 0 aliphatic carbocycles. The average molecular weight is 268 g/mol. The fourth-order valence-electron chi connectivity index (χ4n) is 1.90. The molecular weight excluding hydrogens is 256 g/mol. The first-order chi connectivity index (χ1) is 9.76. The molecule has 1 amide bonds. The van der Waals surface area contributed by atoms with Crippen LogP contribution in [0, 0.1) is 0 Å². The third-order valence-corrected chi connectivity index (χ3v) is 2.92. The van der Waals surface area contributed by atoms with Crippen LogP contribution in [0.4, 0.5) is 5.69 Å². The van der Waals surface area contributed by atoms with Gasteiger partial charge in [-0.3, -0.25) is 4.79 Å². The number of benzene rings is 2. The minimum absolute atomic E-state index is 0.205. The van der Waals surface area contributed by atoms with Crippen molar-refractivity contribution < 1.29 is 13.9 Å². The standard InChI is InChI=1S/C15H12N2O3/c1-19-12-4-2-3-11(8-12)17-15(18)10-5-6-14-13(7-10)16-9-20-14/h2-9H,1H3,(H,17,18). The van der Waals surface area contributed by atoms with E-state index >= 15 is 0 Å². The van der Waals surface area contributed by atoms with E-state index in [2.05, 4.69) is 10.3 Å². The minimum Gasteiger partial charge on any atom is -0.497 e. The molecule has 5 nitrogen and oxygen atoms in total. The first kappa shape index (κ1) is 12.2. The fourth-order valence-corrected chi connectivity index (χ4v) is 1.90. The van der Waals surface area contributed by atoms with Crippen LogP contribution in [-0.2, 0) is 0 Å². The van der Waals surface area contributed by atoms with Gasteiger partial charge in [0.2, 0.25) is 0 Å². The van der Waals surface area contributed by atoms with Gasteiger partial charge < -0.3 is 14.5 Å². The van der Waals surface area contributed by atoms with Crippen LogP contribution in [-0.4, -0.2) is 18.0 Å². The van der Waals surface area contributed by atoms with E-state index in [9.17, 15) is 4.79 Å². The molecule has 0 radical (unpaired) electrons. The topological polar surface area (TPSA) is 64.4 Å². The summed E-state index contributed by atoms with van der Waals surface area (Å²) in [6.07, 6.45) is 1.36. The summed E-state index contributed by atoms with van der Waals surface area (Å²) in [5.41, 5.74) is 2.51. The Kier molecular flexibility index (Phi) is 3.09. The molecule has 0 saturated carbocycles. The molecule has 5 heteroatoms. The lowest BCUT2D eigenvalue weighted by atomic mass is 10.2. The van der Waals surface area contributed by atoms with Gasteiger partial charge in [0.25, 0.3) is 5.91 Å². The molecule has 3 aromatic rings. The molecule has 0 aliphatic rings. The summed E-state index contributed by atoms with van der Waals surface area (Å²) in [5, 5.41) is 2.81. The number of hydrogen-bond donors (Lipinski definition) is 1. The number of nitrogens with one attached hydrogen (secondary N) is 1. The highest BCUT2D eigenvalue weighted by Gasteiger charge is 2.09. The summed E-state index contributed by atoms with van der Waals surface area (Å²) in [7, 11) is 1.58. The zero-order chi connectivity index (χ0) is 13.9. The maximum atomic E-state index is 12.2. The van der Waals surface area contributed by atoms with Gasteiger partial charge in [-0.15, -0.1) is 0 Å². The third kappa shape index (κ3) is 2.33. The number of carbonyl (C=O) groups is 1. The van der Waals surface area contributed by atoms with Crippen molar-refractivity contribution in [2.45, 2.75) is 0 Å². The quantitative estimate of drug-likeness (QED) is 0.792. The largest absolute Gasteiger partial charge is 0.497 e. The fraction of sp³-hybridized carbons (Fsp3) is 0.0667. The average Bonchev–Trinajstić information content (AvgIpc) is 2.94. The zero-order valence-corrected chi connectivity index (χ0v) is 10.8. The highest BCUT2D eigenvalue weighted by molar-refractivity contribution is 6.05. The molecule has 0 fully saturated rings. The molecule has 0 unspecified atom stereocenters. The second-order valence-corrected chi connectivity index (χ2v) is 4.22. The van der Waals surface area contributed by atoms with Gasteiger partial charge in [0, 0.05) is 17.3 Å². The predicted octanol–water partition coefficient (Wildman–Crippen LogP) is 3.09. The van der Waals surface area contributed by atoms with E-state index in [1.54, 1.807) is 37.4 Å². The summed E-state index contributed by atoms with van der Waals surface area (Å²) in [6.45, 7) is 0. The number of nitrogens with zero attached hydrogens (tertiary/aromatic N) is 1. The molecule has 0 bridgehead atoms. The second-order valence-electron chi connectivity index (χ2n) is 4.22. The SMILES string of the molecule is COc1cccc(NC(=O)c2ccc3ocnc3c2)c1. The van der Waals surface area contributed by atoms with Gasteiger partial charge in [0.05, 0.1) is 7.11 Å². The minimum atomic E-state index is -0.205. The lowest BCUT2D eigenvalue weighted by Crippen LogP contribution is -2.11. The maximum absolute atomic E-state index is 12.2. The number of anilines is 1. The Morgan fingerprint density at radius 2 is 2.15 bits per heavy atom. The Hall–Kier alpha value is -2.82. The Morgan fingerprint density at radius 3 is 3.00 bits per heavy atom. The van der Waals surface area contributed by atoms with Gasteiger partial charge in [-0.25, -0.2) is 4.98 Å². The molecule has 0 atom stereocenters. The number of aromatic nitrogens is 1. The smallest absolute Gasteiger partial charge is 0.255 e. The Bertz CT molecular complexity index is 764. The summed E-state index contributed by atoms with van der Waals surface area (Å²) >= 11 is 0. The summed E-state index contributed by atoms with van der Waals surface area (Å²) in [4.78, 5) is 16.2. The van der Waals surface area contributed by atoms with Gasteiger partial charge >= 0.3 is 0 Å². The van der Waals surface area contributed by atoms with Crippen molar-refractivity contribution in [2.24, 2.45) is 0 Å². The molecule has 100 valence electrons. The third-order valence-electron chi connectivity index (χ3n) is 2.92. The van der Waals surface area contributed by atoms with Crippen LogP contribution in [0.15, 0.2) is 53.3 Å². The highest BCUT2D eigenvalue weighted by Crippen LogP contribution is 2.19. The molecule has 3 rings (SSSR count). The van der Waals surface area contributed by atoms with Crippen molar-refractivity contribution in [2.75, 3.05) is 12.4 Å². The van der Waals surface area contributed by atoms with Crippen LogP contribution >= 0.6 is 0 Å². The van der Waals surface area contributed by atoms with Crippen molar-refractivity contribution in [1.82, 2.24) is 4.98 Å². The molecule has 2 aromatic carbocycles. The molecule has 0 spiro atoms. The van der Waals surface area contributed by atoms with E-state index in [4.69, 9.17) is 9.15 Å². The maximum Gasteiger partial charge on any atom is 0.255 e. The van der Waals surface area contributed by atoms with Crippen molar-refractivity contribution in [3.8, 4) is 5.75 Å². The molecule has 1 heterocycles. The number of fused-ring (bicyclic) bond motifs is 1. The number of carbonyl (C=O) groups excluding carboxylic acids is 1. The molecule has 0 saturated heterocycles. The van der Waals surface area contributed by atoms with Gasteiger partial charge in [-0.05, 0) is 30.3 Å². The normalized spacial score (nSPS) is 10.4. The number of methoxy groups -OCH3 is 1. The van der Waals surface area contributed by atoms with Gasteiger partial charge in [-0.2, -0.15) is 0 Å². The van der Waals surface area contributed by atoms with Gasteiger partial charge in [0.15, 0.2) is 12.0 Å². The molecule has 0 aliphatic heterocycles. The second kappa shape index (κ2) is 5.05. The van der Waals surface area contributed by atoms with E-state index in [0.717, 1.165) is 0 Å². The van der Waals surface area contributed by atoms with Crippen LogP contribution < -0.4 is 10.1 Å². The summed E-state index contributed by atoms with van der Waals surface area (Å²) < 4.78 is 10.3.